The quantitative estimate of drug-likeness (QED) is 0.899. The number of carbonyl (C=O) groups excluding carboxylic acids is 1. The van der Waals surface area contributed by atoms with Crippen molar-refractivity contribution in [1.82, 2.24) is 15.1 Å². The molecule has 0 aliphatic carbocycles. The first kappa shape index (κ1) is 16.8. The summed E-state index contributed by atoms with van der Waals surface area (Å²) in [5.41, 5.74) is 0. The van der Waals surface area contributed by atoms with Gasteiger partial charge in [-0.05, 0) is 32.6 Å². The second-order valence-electron chi connectivity index (χ2n) is 7.00. The Kier molecular flexibility index (Phi) is 4.73. The highest BCUT2D eigenvalue weighted by Crippen LogP contribution is 2.26. The highest BCUT2D eigenvalue weighted by Gasteiger charge is 2.26. The van der Waals surface area contributed by atoms with Crippen LogP contribution in [0, 0.1) is 12.8 Å². The molecule has 26 heavy (non-hydrogen) atoms. The van der Waals surface area contributed by atoms with E-state index in [-0.39, 0.29) is 11.8 Å². The van der Waals surface area contributed by atoms with E-state index in [0.29, 0.717) is 11.6 Å². The zero-order valence-corrected chi connectivity index (χ0v) is 15.0. The number of nitrogens with one attached hydrogen (secondary N) is 1. The molecule has 0 bridgehead atoms. The fraction of sp³-hybridized carbons (Fsp3) is 0.556. The van der Waals surface area contributed by atoms with E-state index < -0.39 is 0 Å². The maximum atomic E-state index is 12.4. The molecule has 8 nitrogen and oxygen atoms in total. The third-order valence-electron chi connectivity index (χ3n) is 5.14. The monoisotopic (exact) mass is 356 g/mol. The topological polar surface area (TPSA) is 87.4 Å². The number of hydrogen-bond donors (Lipinski definition) is 1. The smallest absolute Gasteiger partial charge is 0.228 e. The SMILES string of the molecule is Cc1cc(NC(=O)C2CCN(c3cc(N4CCCC4)ncn3)CC2)no1. The summed E-state index contributed by atoms with van der Waals surface area (Å²) >= 11 is 0. The van der Waals surface area contributed by atoms with Crippen molar-refractivity contribution in [2.75, 3.05) is 41.3 Å². The molecule has 2 aromatic rings. The number of aryl methyl sites for hydroxylation is 1. The summed E-state index contributed by atoms with van der Waals surface area (Å²) in [4.78, 5) is 25.8. The molecule has 0 radical (unpaired) electrons. The second-order valence-corrected chi connectivity index (χ2v) is 7.00. The number of piperidine rings is 1. The van der Waals surface area contributed by atoms with Gasteiger partial charge in [0.2, 0.25) is 5.91 Å². The molecule has 0 atom stereocenters. The second kappa shape index (κ2) is 7.31. The van der Waals surface area contributed by atoms with Gasteiger partial charge in [0, 0.05) is 44.2 Å². The highest BCUT2D eigenvalue weighted by atomic mass is 16.5. The number of hydrogen-bond acceptors (Lipinski definition) is 7. The molecule has 4 rings (SSSR count). The number of aromatic nitrogens is 3. The predicted molar refractivity (Wildman–Crippen MR) is 98.3 cm³/mol. The lowest BCUT2D eigenvalue weighted by Gasteiger charge is -2.32. The van der Waals surface area contributed by atoms with E-state index in [9.17, 15) is 4.79 Å². The number of amides is 1. The Morgan fingerprint density at radius 2 is 1.73 bits per heavy atom. The van der Waals surface area contributed by atoms with Crippen LogP contribution < -0.4 is 15.1 Å². The summed E-state index contributed by atoms with van der Waals surface area (Å²) in [5, 5.41) is 6.66. The summed E-state index contributed by atoms with van der Waals surface area (Å²) in [6.45, 7) is 5.57. The molecule has 2 aliphatic heterocycles. The van der Waals surface area contributed by atoms with Crippen LogP contribution >= 0.6 is 0 Å². The maximum absolute atomic E-state index is 12.4. The molecule has 0 aromatic carbocycles. The van der Waals surface area contributed by atoms with Crippen LogP contribution in [0.1, 0.15) is 31.4 Å². The molecular formula is C18H24N6O2. The van der Waals surface area contributed by atoms with Crippen molar-refractivity contribution >= 4 is 23.4 Å². The molecule has 0 saturated carbocycles. The van der Waals surface area contributed by atoms with Crippen LogP contribution in [0.15, 0.2) is 23.0 Å². The van der Waals surface area contributed by atoms with Crippen LogP contribution in [-0.4, -0.2) is 47.2 Å². The van der Waals surface area contributed by atoms with Crippen molar-refractivity contribution in [2.45, 2.75) is 32.6 Å². The van der Waals surface area contributed by atoms with Gasteiger partial charge in [0.1, 0.15) is 23.7 Å². The fourth-order valence-corrected chi connectivity index (χ4v) is 3.65. The molecule has 1 amide bonds. The van der Waals surface area contributed by atoms with Crippen LogP contribution in [0.3, 0.4) is 0 Å². The van der Waals surface area contributed by atoms with E-state index in [1.807, 2.05) is 0 Å². The van der Waals surface area contributed by atoms with Crippen molar-refractivity contribution in [1.29, 1.82) is 0 Å². The summed E-state index contributed by atoms with van der Waals surface area (Å²) in [6.07, 6.45) is 5.70. The Morgan fingerprint density at radius 1 is 1.08 bits per heavy atom. The van der Waals surface area contributed by atoms with Crippen molar-refractivity contribution in [3.05, 3.63) is 24.2 Å². The molecule has 138 valence electrons. The normalized spacial score (nSPS) is 18.3. The fourth-order valence-electron chi connectivity index (χ4n) is 3.65. The number of rotatable bonds is 4. The molecule has 4 heterocycles. The number of anilines is 3. The summed E-state index contributed by atoms with van der Waals surface area (Å²) in [5.74, 6) is 3.14. The van der Waals surface area contributed by atoms with Gasteiger partial charge in [-0.1, -0.05) is 5.16 Å². The minimum absolute atomic E-state index is 0.0110. The van der Waals surface area contributed by atoms with E-state index in [1.165, 1.54) is 12.8 Å². The Hall–Kier alpha value is -2.64. The molecule has 2 aromatic heterocycles. The van der Waals surface area contributed by atoms with Crippen molar-refractivity contribution in [2.24, 2.45) is 5.92 Å². The molecule has 0 unspecified atom stereocenters. The molecule has 1 N–H and O–H groups in total. The standard InChI is InChI=1S/C18H24N6O2/c1-13-10-15(22-26-13)21-18(25)14-4-8-24(9-5-14)17-11-16(19-12-20-17)23-6-2-3-7-23/h10-12,14H,2-9H2,1H3,(H,21,22,25). The Bertz CT molecular complexity index is 763. The van der Waals surface area contributed by atoms with E-state index in [4.69, 9.17) is 4.52 Å². The van der Waals surface area contributed by atoms with Crippen molar-refractivity contribution in [3.8, 4) is 0 Å². The average Bonchev–Trinajstić information content (AvgIpc) is 3.34. The lowest BCUT2D eigenvalue weighted by molar-refractivity contribution is -0.120. The summed E-state index contributed by atoms with van der Waals surface area (Å²) < 4.78 is 4.99. The summed E-state index contributed by atoms with van der Waals surface area (Å²) in [7, 11) is 0. The van der Waals surface area contributed by atoms with Gasteiger partial charge < -0.3 is 19.6 Å². The first-order chi connectivity index (χ1) is 12.7. The minimum Gasteiger partial charge on any atom is -0.360 e. The Morgan fingerprint density at radius 3 is 2.35 bits per heavy atom. The molecule has 2 aliphatic rings. The van der Waals surface area contributed by atoms with Gasteiger partial charge in [0.25, 0.3) is 0 Å². The first-order valence-corrected chi connectivity index (χ1v) is 9.25. The van der Waals surface area contributed by atoms with Crippen LogP contribution in [0.5, 0.6) is 0 Å². The van der Waals surface area contributed by atoms with Crippen LogP contribution in [0.4, 0.5) is 17.5 Å². The number of carbonyl (C=O) groups is 1. The lowest BCUT2D eigenvalue weighted by atomic mass is 9.96. The van der Waals surface area contributed by atoms with Gasteiger partial charge in [0.05, 0.1) is 0 Å². The van der Waals surface area contributed by atoms with Crippen LogP contribution in [0.2, 0.25) is 0 Å². The Labute approximate surface area is 152 Å². The average molecular weight is 356 g/mol. The van der Waals surface area contributed by atoms with Crippen molar-refractivity contribution < 1.29 is 9.32 Å². The van der Waals surface area contributed by atoms with E-state index in [0.717, 1.165) is 50.7 Å². The molecule has 0 spiro atoms. The van der Waals surface area contributed by atoms with Gasteiger partial charge in [-0.25, -0.2) is 9.97 Å². The number of nitrogens with zero attached hydrogens (tertiary/aromatic N) is 5. The minimum atomic E-state index is -0.0110. The van der Waals surface area contributed by atoms with E-state index >= 15 is 0 Å². The van der Waals surface area contributed by atoms with Gasteiger partial charge in [-0.3, -0.25) is 4.79 Å². The third kappa shape index (κ3) is 3.63. The van der Waals surface area contributed by atoms with Gasteiger partial charge in [-0.2, -0.15) is 0 Å². The maximum Gasteiger partial charge on any atom is 0.228 e. The Balaban J connectivity index is 1.34. The van der Waals surface area contributed by atoms with Gasteiger partial charge in [-0.15, -0.1) is 0 Å². The van der Waals surface area contributed by atoms with Crippen LogP contribution in [-0.2, 0) is 4.79 Å². The largest absolute Gasteiger partial charge is 0.360 e. The van der Waals surface area contributed by atoms with Gasteiger partial charge in [0.15, 0.2) is 5.82 Å². The molecule has 8 heteroatoms. The first-order valence-electron chi connectivity index (χ1n) is 9.25. The third-order valence-corrected chi connectivity index (χ3v) is 5.14. The molecule has 2 saturated heterocycles. The lowest BCUT2D eigenvalue weighted by Crippen LogP contribution is -2.38. The van der Waals surface area contributed by atoms with E-state index in [1.54, 1.807) is 19.3 Å². The highest BCUT2D eigenvalue weighted by molar-refractivity contribution is 5.91. The zero-order chi connectivity index (χ0) is 17.9. The summed E-state index contributed by atoms with van der Waals surface area (Å²) in [6, 6.07) is 3.80. The molecule has 2 fully saturated rings. The van der Waals surface area contributed by atoms with Crippen molar-refractivity contribution in [3.63, 3.8) is 0 Å². The molecular weight excluding hydrogens is 332 g/mol. The zero-order valence-electron chi connectivity index (χ0n) is 15.0. The van der Waals surface area contributed by atoms with Crippen LogP contribution in [0.25, 0.3) is 0 Å². The predicted octanol–water partition coefficient (Wildman–Crippen LogP) is 2.23. The van der Waals surface area contributed by atoms with E-state index in [2.05, 4.69) is 36.3 Å². The van der Waals surface area contributed by atoms with Gasteiger partial charge >= 0.3 is 0 Å².